The van der Waals surface area contributed by atoms with Crippen LogP contribution in [-0.2, 0) is 21.2 Å². The topological polar surface area (TPSA) is 101 Å². The number of hydrogen-bond donors (Lipinski definition) is 1. The fourth-order valence-electron chi connectivity index (χ4n) is 4.11. The normalized spacial score (nSPS) is 16.6. The van der Waals surface area contributed by atoms with Gasteiger partial charge in [0, 0.05) is 31.3 Å². The van der Waals surface area contributed by atoms with E-state index < -0.39 is 9.84 Å². The second-order valence-corrected chi connectivity index (χ2v) is 10.4. The third-order valence-electron chi connectivity index (χ3n) is 5.95. The summed E-state index contributed by atoms with van der Waals surface area (Å²) >= 11 is 0. The summed E-state index contributed by atoms with van der Waals surface area (Å²) in [6.07, 6.45) is 2.83. The Morgan fingerprint density at radius 3 is 2.79 bits per heavy atom. The van der Waals surface area contributed by atoms with Crippen molar-refractivity contribution in [3.8, 4) is 5.75 Å². The molecule has 1 atom stereocenters. The maximum Gasteiger partial charge on any atom is 0.226 e. The average Bonchev–Trinajstić information content (AvgIpc) is 2.81. The lowest BCUT2D eigenvalue weighted by Gasteiger charge is -2.32. The predicted molar refractivity (Wildman–Crippen MR) is 127 cm³/mol. The molecule has 0 saturated carbocycles. The number of carbonyl (C=O) groups is 1. The van der Waals surface area contributed by atoms with E-state index in [0.29, 0.717) is 24.6 Å². The van der Waals surface area contributed by atoms with Crippen molar-refractivity contribution in [3.63, 3.8) is 0 Å². The summed E-state index contributed by atoms with van der Waals surface area (Å²) in [5.74, 6) is 1.11. The van der Waals surface area contributed by atoms with Crippen LogP contribution < -0.4 is 15.0 Å². The van der Waals surface area contributed by atoms with E-state index in [1.807, 2.05) is 36.1 Å². The second-order valence-electron chi connectivity index (χ2n) is 8.41. The lowest BCUT2D eigenvalue weighted by molar-refractivity contribution is -0.125. The molecule has 2 heterocycles. The molecule has 1 fully saturated rings. The Balaban J connectivity index is 1.49. The number of rotatable bonds is 6. The van der Waals surface area contributed by atoms with Crippen molar-refractivity contribution in [2.24, 2.45) is 5.92 Å². The number of aromatic nitrogens is 2. The van der Waals surface area contributed by atoms with Gasteiger partial charge in [-0.2, -0.15) is 0 Å². The smallest absolute Gasteiger partial charge is 0.226 e. The first kappa shape index (κ1) is 23.0. The molecule has 174 valence electrons. The van der Waals surface area contributed by atoms with Crippen LogP contribution in [0.3, 0.4) is 0 Å². The quantitative estimate of drug-likeness (QED) is 0.594. The number of nitrogens with one attached hydrogen (secondary N) is 1. The van der Waals surface area contributed by atoms with E-state index >= 15 is 0 Å². The van der Waals surface area contributed by atoms with Gasteiger partial charge in [-0.15, -0.1) is 0 Å². The van der Waals surface area contributed by atoms with E-state index in [1.54, 1.807) is 25.3 Å². The molecule has 2 aromatic carbocycles. The maximum absolute atomic E-state index is 12.9. The van der Waals surface area contributed by atoms with Gasteiger partial charge >= 0.3 is 0 Å². The molecule has 1 saturated heterocycles. The van der Waals surface area contributed by atoms with E-state index in [9.17, 15) is 13.2 Å². The van der Waals surface area contributed by atoms with Crippen LogP contribution in [0, 0.1) is 12.8 Å². The van der Waals surface area contributed by atoms with Gasteiger partial charge in [0.15, 0.2) is 9.84 Å². The van der Waals surface area contributed by atoms with Crippen LogP contribution in [0.25, 0.3) is 10.9 Å². The van der Waals surface area contributed by atoms with Gasteiger partial charge in [-0.25, -0.2) is 18.4 Å². The Kier molecular flexibility index (Phi) is 6.51. The second kappa shape index (κ2) is 9.35. The van der Waals surface area contributed by atoms with Gasteiger partial charge in [-0.1, -0.05) is 12.1 Å². The maximum atomic E-state index is 12.9. The largest absolute Gasteiger partial charge is 0.497 e. The van der Waals surface area contributed by atoms with Crippen molar-refractivity contribution in [2.45, 2.75) is 31.2 Å². The first-order valence-electron chi connectivity index (χ1n) is 10.9. The lowest BCUT2D eigenvalue weighted by atomic mass is 9.97. The van der Waals surface area contributed by atoms with E-state index in [0.717, 1.165) is 41.8 Å². The van der Waals surface area contributed by atoms with E-state index in [1.165, 1.54) is 6.26 Å². The highest BCUT2D eigenvalue weighted by Gasteiger charge is 2.27. The molecular weight excluding hydrogens is 440 g/mol. The Hall–Kier alpha value is -3.20. The molecule has 0 unspecified atom stereocenters. The fourth-order valence-corrected chi connectivity index (χ4v) is 4.75. The van der Waals surface area contributed by atoms with Gasteiger partial charge in [-0.05, 0) is 55.7 Å². The number of aryl methyl sites for hydroxylation is 1. The van der Waals surface area contributed by atoms with E-state index in [4.69, 9.17) is 4.74 Å². The Morgan fingerprint density at radius 1 is 1.21 bits per heavy atom. The molecule has 0 spiro atoms. The summed E-state index contributed by atoms with van der Waals surface area (Å²) < 4.78 is 29.2. The summed E-state index contributed by atoms with van der Waals surface area (Å²) in [5.41, 5.74) is 2.34. The van der Waals surface area contributed by atoms with Crippen LogP contribution in [0.5, 0.6) is 5.75 Å². The van der Waals surface area contributed by atoms with Crippen molar-refractivity contribution >= 4 is 32.6 Å². The van der Waals surface area contributed by atoms with Gasteiger partial charge in [0.25, 0.3) is 0 Å². The molecule has 1 aliphatic rings. The molecule has 33 heavy (non-hydrogen) atoms. The minimum Gasteiger partial charge on any atom is -0.497 e. The number of benzene rings is 2. The summed E-state index contributed by atoms with van der Waals surface area (Å²) in [6, 6.07) is 12.5. The highest BCUT2D eigenvalue weighted by molar-refractivity contribution is 7.90. The highest BCUT2D eigenvalue weighted by atomic mass is 32.2. The van der Waals surface area contributed by atoms with Crippen molar-refractivity contribution in [1.29, 1.82) is 0 Å². The molecule has 1 amide bonds. The van der Waals surface area contributed by atoms with Gasteiger partial charge in [-0.3, -0.25) is 4.79 Å². The number of fused-ring (bicyclic) bond motifs is 1. The van der Waals surface area contributed by atoms with Crippen LogP contribution in [0.4, 0.5) is 5.95 Å². The SMILES string of the molecule is COc1cccc(CNC(=O)[C@@H]2CCCN(c3nc(C)c4ccc(S(C)(=O)=O)cc4n3)C2)c1. The Labute approximate surface area is 193 Å². The first-order chi connectivity index (χ1) is 15.7. The van der Waals surface area contributed by atoms with Crippen LogP contribution in [-0.4, -0.2) is 50.7 Å². The number of ether oxygens (including phenoxy) is 1. The molecule has 1 aliphatic heterocycles. The zero-order chi connectivity index (χ0) is 23.6. The summed E-state index contributed by atoms with van der Waals surface area (Å²) in [5, 5.41) is 3.84. The van der Waals surface area contributed by atoms with Crippen LogP contribution >= 0.6 is 0 Å². The number of hydrogen-bond acceptors (Lipinski definition) is 7. The zero-order valence-electron chi connectivity index (χ0n) is 19.0. The van der Waals surface area contributed by atoms with Gasteiger partial charge < -0.3 is 15.0 Å². The third kappa shape index (κ3) is 5.24. The molecule has 1 N–H and O–H groups in total. The van der Waals surface area contributed by atoms with Crippen LogP contribution in [0.15, 0.2) is 47.4 Å². The first-order valence-corrected chi connectivity index (χ1v) is 12.8. The number of piperidine rings is 1. The molecule has 4 rings (SSSR count). The Bertz CT molecular complexity index is 1290. The molecule has 3 aromatic rings. The molecule has 0 radical (unpaired) electrons. The van der Waals surface area contributed by atoms with Gasteiger partial charge in [0.1, 0.15) is 5.75 Å². The number of methoxy groups -OCH3 is 1. The average molecular weight is 469 g/mol. The monoisotopic (exact) mass is 468 g/mol. The number of amides is 1. The fraction of sp³-hybridized carbons (Fsp3) is 0.375. The standard InChI is InChI=1S/C24H28N4O4S/c1-16-21-10-9-20(33(3,30)31)13-22(21)27-24(26-16)28-11-5-7-18(15-28)23(29)25-14-17-6-4-8-19(12-17)32-2/h4,6,8-10,12-13,18H,5,7,11,14-15H2,1-3H3,(H,25,29)/t18-/m1/s1. The number of nitrogens with zero attached hydrogens (tertiary/aromatic N) is 3. The zero-order valence-corrected chi connectivity index (χ0v) is 19.9. The van der Waals surface area contributed by atoms with Crippen molar-refractivity contribution in [3.05, 3.63) is 53.7 Å². The molecule has 0 bridgehead atoms. The molecule has 1 aromatic heterocycles. The summed E-state index contributed by atoms with van der Waals surface area (Å²) in [4.78, 5) is 24.4. The number of sulfone groups is 1. The predicted octanol–water partition coefficient (Wildman–Crippen LogP) is 2.88. The summed E-state index contributed by atoms with van der Waals surface area (Å²) in [6.45, 7) is 3.58. The lowest BCUT2D eigenvalue weighted by Crippen LogP contribution is -2.43. The van der Waals surface area contributed by atoms with Gasteiger partial charge in [0.2, 0.25) is 11.9 Å². The minimum atomic E-state index is -3.33. The van der Waals surface area contributed by atoms with Gasteiger partial charge in [0.05, 0.1) is 29.1 Å². The molecular formula is C24H28N4O4S. The molecule has 0 aliphatic carbocycles. The third-order valence-corrected chi connectivity index (χ3v) is 7.06. The molecule has 9 heteroatoms. The number of anilines is 1. The van der Waals surface area contributed by atoms with E-state index in [-0.39, 0.29) is 16.7 Å². The number of carbonyl (C=O) groups excluding carboxylic acids is 1. The van der Waals surface area contributed by atoms with E-state index in [2.05, 4.69) is 15.3 Å². The highest BCUT2D eigenvalue weighted by Crippen LogP contribution is 2.26. The molecule has 8 nitrogen and oxygen atoms in total. The minimum absolute atomic E-state index is 0.000561. The van der Waals surface area contributed by atoms with Crippen LogP contribution in [0.1, 0.15) is 24.1 Å². The van der Waals surface area contributed by atoms with Crippen LogP contribution in [0.2, 0.25) is 0 Å². The van der Waals surface area contributed by atoms with Crippen molar-refractivity contribution < 1.29 is 17.9 Å². The Morgan fingerprint density at radius 2 is 2.03 bits per heavy atom. The van der Waals surface area contributed by atoms with Crippen molar-refractivity contribution in [2.75, 3.05) is 31.4 Å². The summed E-state index contributed by atoms with van der Waals surface area (Å²) in [7, 11) is -1.72. The van der Waals surface area contributed by atoms with Crippen molar-refractivity contribution in [1.82, 2.24) is 15.3 Å².